The molecule has 0 unspecified atom stereocenters. The summed E-state index contributed by atoms with van der Waals surface area (Å²) >= 11 is 0. The smallest absolute Gasteiger partial charge is 0.238 e. The number of hydrogen-bond donors (Lipinski definition) is 0. The van der Waals surface area contributed by atoms with Gasteiger partial charge in [-0.2, -0.15) is 9.97 Å². The predicted molar refractivity (Wildman–Crippen MR) is 213 cm³/mol. The Morgan fingerprint density at radius 3 is 2.42 bits per heavy atom. The number of benzene rings is 3. The second-order valence-electron chi connectivity index (χ2n) is 11.8. The molecule has 3 aromatic carbocycles. The van der Waals surface area contributed by atoms with Crippen molar-refractivity contribution in [3.63, 3.8) is 0 Å². The Morgan fingerprint density at radius 1 is 0.840 bits per heavy atom. The molecule has 0 amide bonds. The highest BCUT2D eigenvalue weighted by Crippen LogP contribution is 2.38. The van der Waals surface area contributed by atoms with Crippen LogP contribution in [0.5, 0.6) is 0 Å². The maximum Gasteiger partial charge on any atom is 0.238 e. The lowest BCUT2D eigenvalue weighted by atomic mass is 10.1. The fraction of sp³-hybridized carbons (Fsp3) is 0.133. The zero-order valence-electron chi connectivity index (χ0n) is 29.3. The molecule has 5 heteroatoms. The number of hydrogen-bond acceptors (Lipinski definition) is 5. The van der Waals surface area contributed by atoms with Crippen LogP contribution in [0.4, 0.5) is 23.0 Å². The summed E-state index contributed by atoms with van der Waals surface area (Å²) < 4.78 is 0. The van der Waals surface area contributed by atoms with Gasteiger partial charge in [0, 0.05) is 28.3 Å². The maximum absolute atomic E-state index is 5.07. The predicted octanol–water partition coefficient (Wildman–Crippen LogP) is 12.1. The van der Waals surface area contributed by atoms with E-state index in [1.807, 2.05) is 78.6 Å². The van der Waals surface area contributed by atoms with Crippen LogP contribution < -0.4 is 9.80 Å². The third-order valence-corrected chi connectivity index (χ3v) is 8.01. The Bertz CT molecular complexity index is 2010. The number of aromatic nitrogens is 3. The van der Waals surface area contributed by atoms with Gasteiger partial charge in [-0.25, -0.2) is 4.98 Å². The summed E-state index contributed by atoms with van der Waals surface area (Å²) in [6, 6.07) is 26.9. The number of aryl methyl sites for hydroxylation is 1. The molecule has 0 aliphatic heterocycles. The molecule has 5 rings (SSSR count). The van der Waals surface area contributed by atoms with E-state index < -0.39 is 0 Å². The Kier molecular flexibility index (Phi) is 12.6. The second-order valence-corrected chi connectivity index (χ2v) is 11.8. The third-order valence-electron chi connectivity index (χ3n) is 8.01. The van der Waals surface area contributed by atoms with Crippen LogP contribution in [0.25, 0.3) is 17.0 Å². The van der Waals surface area contributed by atoms with E-state index in [2.05, 4.69) is 117 Å². The third kappa shape index (κ3) is 9.09. The minimum absolute atomic E-state index is 0.469. The Hall–Kier alpha value is -6.07. The number of nitrogens with zero attached hydrogens (tertiary/aromatic N) is 5. The molecule has 1 aliphatic rings. The van der Waals surface area contributed by atoms with Gasteiger partial charge in [-0.3, -0.25) is 4.90 Å². The molecule has 4 aromatic rings. The van der Waals surface area contributed by atoms with Gasteiger partial charge in [0.1, 0.15) is 0 Å². The molecule has 0 fully saturated rings. The second kappa shape index (κ2) is 17.9. The maximum atomic E-state index is 5.07. The van der Waals surface area contributed by atoms with E-state index in [-0.39, 0.29) is 0 Å². The van der Waals surface area contributed by atoms with Crippen molar-refractivity contribution in [3.8, 4) is 11.4 Å². The van der Waals surface area contributed by atoms with Crippen molar-refractivity contribution >= 4 is 28.6 Å². The molecule has 50 heavy (non-hydrogen) atoms. The fourth-order valence-corrected chi connectivity index (χ4v) is 5.45. The van der Waals surface area contributed by atoms with Gasteiger partial charge in [0.15, 0.2) is 11.6 Å². The highest BCUT2D eigenvalue weighted by atomic mass is 15.3. The first kappa shape index (κ1) is 35.2. The van der Waals surface area contributed by atoms with Crippen molar-refractivity contribution in [2.45, 2.75) is 40.0 Å². The average Bonchev–Trinajstić information content (AvgIpc) is 3.12. The SMILES string of the molecule is C=C/C=C\C=C(/C)c1nc(-c2ccccc2)nc(N(C(=C)/C=C\C=C/CC)c2cccc(N(C3=C/C=C\CC/C=C\3)c3ccccc3C)c2)n1. The number of anilines is 4. The van der Waals surface area contributed by atoms with E-state index in [0.29, 0.717) is 23.3 Å². The number of para-hydroxylation sites is 1. The molecular formula is C45H45N5. The topological polar surface area (TPSA) is 45.2 Å². The van der Waals surface area contributed by atoms with Crippen LogP contribution in [-0.2, 0) is 0 Å². The van der Waals surface area contributed by atoms with Gasteiger partial charge in [0.2, 0.25) is 5.95 Å². The molecule has 0 saturated carbocycles. The van der Waals surface area contributed by atoms with E-state index >= 15 is 0 Å². The quantitative estimate of drug-likeness (QED) is 0.134. The normalized spacial score (nSPS) is 15.7. The van der Waals surface area contributed by atoms with Crippen LogP contribution in [-0.4, -0.2) is 15.0 Å². The summed E-state index contributed by atoms with van der Waals surface area (Å²) in [7, 11) is 0. The molecule has 1 heterocycles. The lowest BCUT2D eigenvalue weighted by Gasteiger charge is -2.30. The molecule has 1 aliphatic carbocycles. The van der Waals surface area contributed by atoms with E-state index in [0.717, 1.165) is 53.2 Å². The van der Waals surface area contributed by atoms with Crippen LogP contribution >= 0.6 is 0 Å². The van der Waals surface area contributed by atoms with Crippen molar-refractivity contribution in [1.29, 1.82) is 0 Å². The van der Waals surface area contributed by atoms with Gasteiger partial charge in [-0.05, 0) is 86.7 Å². The van der Waals surface area contributed by atoms with Crippen LogP contribution in [0.1, 0.15) is 44.5 Å². The first-order valence-corrected chi connectivity index (χ1v) is 17.1. The van der Waals surface area contributed by atoms with Crippen molar-refractivity contribution in [1.82, 2.24) is 15.0 Å². The number of rotatable bonds is 13. The molecule has 5 nitrogen and oxygen atoms in total. The molecule has 1 aromatic heterocycles. The summed E-state index contributed by atoms with van der Waals surface area (Å²) in [6.07, 6.45) is 29.6. The Balaban J connectivity index is 1.72. The first-order chi connectivity index (χ1) is 24.5. The number of allylic oxidation sites excluding steroid dienone is 14. The largest absolute Gasteiger partial charge is 0.310 e. The van der Waals surface area contributed by atoms with E-state index in [1.54, 1.807) is 6.08 Å². The van der Waals surface area contributed by atoms with E-state index in [4.69, 9.17) is 15.0 Å². The fourth-order valence-electron chi connectivity index (χ4n) is 5.45. The van der Waals surface area contributed by atoms with Gasteiger partial charge in [0.25, 0.3) is 0 Å². The van der Waals surface area contributed by atoms with Crippen LogP contribution in [0.3, 0.4) is 0 Å². The van der Waals surface area contributed by atoms with Gasteiger partial charge in [0.05, 0.1) is 5.69 Å². The lowest BCUT2D eigenvalue weighted by Crippen LogP contribution is -2.20. The highest BCUT2D eigenvalue weighted by Gasteiger charge is 2.22. The molecule has 250 valence electrons. The molecule has 0 radical (unpaired) electrons. The van der Waals surface area contributed by atoms with Crippen LogP contribution in [0, 0.1) is 6.92 Å². The molecule has 0 spiro atoms. The van der Waals surface area contributed by atoms with Crippen LogP contribution in [0.15, 0.2) is 182 Å². The molecule has 0 saturated heterocycles. The van der Waals surface area contributed by atoms with Crippen molar-refractivity contribution < 1.29 is 0 Å². The van der Waals surface area contributed by atoms with Gasteiger partial charge < -0.3 is 4.90 Å². The first-order valence-electron chi connectivity index (χ1n) is 17.1. The molecule has 0 atom stereocenters. The van der Waals surface area contributed by atoms with E-state index in [1.165, 1.54) is 5.56 Å². The molecule has 0 bridgehead atoms. The molecule has 0 N–H and O–H groups in total. The minimum atomic E-state index is 0.469. The zero-order chi connectivity index (χ0) is 35.1. The van der Waals surface area contributed by atoms with Crippen LogP contribution in [0.2, 0.25) is 0 Å². The summed E-state index contributed by atoms with van der Waals surface area (Å²) in [6.45, 7) is 14.6. The van der Waals surface area contributed by atoms with Crippen molar-refractivity contribution in [2.75, 3.05) is 9.80 Å². The van der Waals surface area contributed by atoms with E-state index in [9.17, 15) is 0 Å². The zero-order valence-corrected chi connectivity index (χ0v) is 29.3. The standard InChI is InChI=1S/C45H45N5/c1-6-8-10-16-26-37(5)49(45-47-43(36(4)25-15-9-7-2)46-44(48-45)38-27-17-14-18-28-38)40-31-23-32-41(34-40)50(42-33-22-21-24-35(42)3)39-29-19-12-11-13-20-30-39/h7-10,12,14-34H,2,5-6,11,13H2,1,3-4H3/b10-8-,15-9-,19-12-,26-16-,30-20-,36-25+,39-29+. The van der Waals surface area contributed by atoms with Gasteiger partial charge >= 0.3 is 0 Å². The summed E-state index contributed by atoms with van der Waals surface area (Å²) in [5, 5.41) is 0. The van der Waals surface area contributed by atoms with Crippen molar-refractivity contribution in [3.05, 3.63) is 194 Å². The Morgan fingerprint density at radius 2 is 1.62 bits per heavy atom. The highest BCUT2D eigenvalue weighted by molar-refractivity contribution is 5.78. The Labute approximate surface area is 297 Å². The summed E-state index contributed by atoms with van der Waals surface area (Å²) in [5.41, 5.74) is 7.72. The van der Waals surface area contributed by atoms with Crippen molar-refractivity contribution in [2.24, 2.45) is 0 Å². The average molecular weight is 656 g/mol. The molecular weight excluding hydrogens is 611 g/mol. The lowest BCUT2D eigenvalue weighted by molar-refractivity contribution is 0.977. The summed E-state index contributed by atoms with van der Waals surface area (Å²) in [5.74, 6) is 1.62. The monoisotopic (exact) mass is 655 g/mol. The summed E-state index contributed by atoms with van der Waals surface area (Å²) in [4.78, 5) is 19.3. The minimum Gasteiger partial charge on any atom is -0.310 e. The van der Waals surface area contributed by atoms with Gasteiger partial charge in [-0.15, -0.1) is 0 Å². The van der Waals surface area contributed by atoms with Gasteiger partial charge in [-0.1, -0.05) is 135 Å².